The highest BCUT2D eigenvalue weighted by molar-refractivity contribution is 7.87. The normalized spacial score (nSPS) is 34.9. The van der Waals surface area contributed by atoms with E-state index < -0.39 is 105 Å². The number of fused-ring (bicyclic) bond motifs is 1. The Morgan fingerprint density at radius 3 is 1.48 bits per heavy atom. The fourth-order valence-electron chi connectivity index (χ4n) is 15.0. The molecule has 2 heterocycles. The van der Waals surface area contributed by atoms with Crippen LogP contribution in [0.1, 0.15) is 219 Å². The van der Waals surface area contributed by atoms with Crippen molar-refractivity contribution in [2.24, 2.45) is 69.0 Å². The number of aliphatic hydroxyl groups is 1. The van der Waals surface area contributed by atoms with Gasteiger partial charge in [-0.3, -0.25) is 23.4 Å². The van der Waals surface area contributed by atoms with Crippen LogP contribution in [0.2, 0.25) is 0 Å². The Balaban J connectivity index is 0.000000164. The molecule has 10 bridgehead atoms. The number of rotatable bonds is 18. The van der Waals surface area contributed by atoms with Crippen molar-refractivity contribution < 1.29 is 89.2 Å². The van der Waals surface area contributed by atoms with Gasteiger partial charge in [0.2, 0.25) is 0 Å². The van der Waals surface area contributed by atoms with Crippen LogP contribution in [0.15, 0.2) is 0 Å². The Kier molecular flexibility index (Phi) is 20.7. The highest BCUT2D eigenvalue weighted by Crippen LogP contribution is 2.61. The van der Waals surface area contributed by atoms with E-state index in [-0.39, 0.29) is 40.4 Å². The topological polar surface area (TPSA) is 257 Å². The minimum atomic E-state index is -3.53. The lowest BCUT2D eigenvalue weighted by molar-refractivity contribution is -0.225. The maximum atomic E-state index is 12.4. The smallest absolute Gasteiger partial charge is 0.344 e. The third-order valence-corrected chi connectivity index (χ3v) is 23.5. The molecular weight excluding hydrogens is 1100 g/mol. The molecule has 0 aromatic rings. The molecule has 84 heavy (non-hydrogen) atoms. The van der Waals surface area contributed by atoms with Gasteiger partial charge in [-0.05, 0) is 207 Å². The van der Waals surface area contributed by atoms with Gasteiger partial charge in [0, 0.05) is 31.1 Å². The first-order chi connectivity index (χ1) is 38.9. The summed E-state index contributed by atoms with van der Waals surface area (Å²) in [5.74, 6) is 0.490. The highest BCUT2D eigenvalue weighted by atomic mass is 32.2. The second-order valence-corrected chi connectivity index (χ2v) is 31.7. The van der Waals surface area contributed by atoms with Crippen LogP contribution in [-0.2, 0) is 85.8 Å². The molecule has 7 unspecified atom stereocenters. The van der Waals surface area contributed by atoms with Gasteiger partial charge in [-0.25, -0.2) is 14.4 Å². The summed E-state index contributed by atoms with van der Waals surface area (Å²) in [6, 6.07) is 0. The number of carbonyl (C=O) groups is 7. The van der Waals surface area contributed by atoms with E-state index in [9.17, 15) is 47.1 Å². The van der Waals surface area contributed by atoms with Crippen molar-refractivity contribution in [3.8, 4) is 0 Å². The molecule has 2 aliphatic heterocycles. The van der Waals surface area contributed by atoms with Crippen LogP contribution in [0.3, 0.4) is 0 Å². The molecule has 0 radical (unpaired) electrons. The van der Waals surface area contributed by atoms with E-state index in [1.807, 2.05) is 62.3 Å². The van der Waals surface area contributed by atoms with Crippen LogP contribution in [0.25, 0.3) is 0 Å². The molecule has 19 nitrogen and oxygen atoms in total. The molecule has 7 atom stereocenters. The largest absolute Gasteiger partial charge is 0.459 e. The van der Waals surface area contributed by atoms with E-state index in [0.717, 1.165) is 88.9 Å². The first-order valence-corrected chi connectivity index (χ1v) is 33.0. The van der Waals surface area contributed by atoms with E-state index in [0.29, 0.717) is 69.0 Å². The van der Waals surface area contributed by atoms with Gasteiger partial charge < -0.3 is 43.0 Å². The van der Waals surface area contributed by atoms with Crippen LogP contribution in [0, 0.1) is 69.0 Å². The molecule has 0 aromatic carbocycles. The highest BCUT2D eigenvalue weighted by Gasteiger charge is 2.66. The third-order valence-electron chi connectivity index (χ3n) is 21.7. The van der Waals surface area contributed by atoms with Crippen molar-refractivity contribution in [1.29, 1.82) is 0 Å². The van der Waals surface area contributed by atoms with Gasteiger partial charge in [0.25, 0.3) is 10.1 Å². The van der Waals surface area contributed by atoms with Gasteiger partial charge in [0.15, 0.2) is 19.8 Å². The molecule has 20 heteroatoms. The summed E-state index contributed by atoms with van der Waals surface area (Å²) in [5.41, 5.74) is -3.75. The standard InChI is InChI=1S/C21H32O6.C16H26O3.C15H22O7S.C12H22O3/c1-5-20(2,3)19(24)26-11-17(22)25-12-18(23)27-21(4)15-7-13-6-14(9-15)10-16(21)8-13;1-4-14(2,3)13(17)19-16-8-11-5-12(9-16)7-15(18,6-11)10-16;1-4-15(2,3)14(17)20-7-11(16)21-12-8-5-9-10(6-8)23(18,19)22-13(9)12;1-5-11(2,3)10(13)15-12(4)6-8-14-9-7-12/h13-16H,5-12H2,1-4H3;11-12,18H,4-10H2,1-3H3;8-10,12-13H,4-7H2,1-3H3;5-9H2,1-4H3. The van der Waals surface area contributed by atoms with E-state index in [1.54, 1.807) is 27.7 Å². The molecule has 12 fully saturated rings. The SMILES string of the molecule is CCC(C)(C)C(=O)OC1(C)CCOCC1.CCC(C)(C)C(=O)OC12CC3CC(CC(O)(C3)C1)C2.CCC(C)(C)C(=O)OCC(=O)OC1C2CC3C1OS(=O)(=O)C3C2.CCC(C)(C)C(=O)OCC(=O)OCC(=O)OC1(C)C2CC3CC(C2)CC1C3. The zero-order chi connectivity index (χ0) is 62.2. The average Bonchev–Trinajstić information content (AvgIpc) is 1.42. The molecular formula is C64H102O19S. The van der Waals surface area contributed by atoms with Gasteiger partial charge >= 0.3 is 41.8 Å². The maximum Gasteiger partial charge on any atom is 0.344 e. The molecule has 10 saturated carbocycles. The summed E-state index contributed by atoms with van der Waals surface area (Å²) in [6.45, 7) is 26.6. The predicted octanol–water partition coefficient (Wildman–Crippen LogP) is 9.87. The van der Waals surface area contributed by atoms with Crippen molar-refractivity contribution in [3.63, 3.8) is 0 Å². The molecule has 0 aromatic heterocycles. The van der Waals surface area contributed by atoms with Crippen molar-refractivity contribution >= 4 is 51.9 Å². The van der Waals surface area contributed by atoms with Gasteiger partial charge in [0.05, 0.1) is 45.7 Å². The predicted molar refractivity (Wildman–Crippen MR) is 307 cm³/mol. The molecule has 0 spiro atoms. The quantitative estimate of drug-likeness (QED) is 0.0760. The molecule has 1 N–H and O–H groups in total. The van der Waals surface area contributed by atoms with Crippen LogP contribution in [0.5, 0.6) is 0 Å². The molecule has 12 rings (SSSR count). The van der Waals surface area contributed by atoms with Crippen LogP contribution >= 0.6 is 0 Å². The Hall–Kier alpha value is -3.88. The van der Waals surface area contributed by atoms with Gasteiger partial charge in [-0.1, -0.05) is 27.7 Å². The molecule has 0 amide bonds. The summed E-state index contributed by atoms with van der Waals surface area (Å²) in [7, 11) is -3.53. The lowest BCUT2D eigenvalue weighted by atomic mass is 9.50. The molecule has 478 valence electrons. The van der Waals surface area contributed by atoms with E-state index >= 15 is 0 Å². The molecule has 2 saturated heterocycles. The van der Waals surface area contributed by atoms with Crippen molar-refractivity contribution in [2.45, 2.75) is 259 Å². The fourth-order valence-corrected chi connectivity index (χ4v) is 16.9. The second kappa shape index (κ2) is 25.7. The minimum Gasteiger partial charge on any atom is -0.459 e. The summed E-state index contributed by atoms with van der Waals surface area (Å²) in [5, 5.41) is 10.2. The van der Waals surface area contributed by atoms with Gasteiger partial charge in [-0.15, -0.1) is 0 Å². The third kappa shape index (κ3) is 15.5. The lowest BCUT2D eigenvalue weighted by Crippen LogP contribution is -2.61. The number of hydrogen-bond donors (Lipinski definition) is 1. The van der Waals surface area contributed by atoms with Crippen LogP contribution in [-0.4, -0.2) is 128 Å². The van der Waals surface area contributed by atoms with Gasteiger partial charge in [0.1, 0.15) is 29.0 Å². The number of esters is 7. The minimum absolute atomic E-state index is 0.0130. The first kappa shape index (κ1) is 67.6. The number of carbonyl (C=O) groups excluding carboxylic acids is 7. The summed E-state index contributed by atoms with van der Waals surface area (Å²) >= 11 is 0. The van der Waals surface area contributed by atoms with E-state index in [1.165, 1.54) is 12.8 Å². The second-order valence-electron chi connectivity index (χ2n) is 29.9. The van der Waals surface area contributed by atoms with Crippen LogP contribution in [0.4, 0.5) is 0 Å². The molecule has 10 aliphatic carbocycles. The Morgan fingerprint density at radius 2 is 0.988 bits per heavy atom. The van der Waals surface area contributed by atoms with E-state index in [2.05, 4.69) is 6.92 Å². The monoisotopic (exact) mass is 1210 g/mol. The maximum absolute atomic E-state index is 12.4. The fraction of sp³-hybridized carbons (Fsp3) is 0.891. The summed E-state index contributed by atoms with van der Waals surface area (Å²) in [6.07, 6.45) is 16.0. The Bertz CT molecular complexity index is 2480. The van der Waals surface area contributed by atoms with Crippen molar-refractivity contribution in [3.05, 3.63) is 0 Å². The lowest BCUT2D eigenvalue weighted by Gasteiger charge is -2.59. The zero-order valence-corrected chi connectivity index (χ0v) is 53.8. The van der Waals surface area contributed by atoms with E-state index in [4.69, 9.17) is 42.1 Å². The van der Waals surface area contributed by atoms with Crippen LogP contribution < -0.4 is 0 Å². The Morgan fingerprint density at radius 1 is 0.536 bits per heavy atom. The van der Waals surface area contributed by atoms with Crippen molar-refractivity contribution in [1.82, 2.24) is 0 Å². The number of ether oxygens (including phenoxy) is 8. The Labute approximate surface area is 499 Å². The average molecular weight is 1210 g/mol. The number of hydrogen-bond acceptors (Lipinski definition) is 19. The summed E-state index contributed by atoms with van der Waals surface area (Å²) in [4.78, 5) is 84.0. The molecule has 12 aliphatic rings. The van der Waals surface area contributed by atoms with Crippen molar-refractivity contribution in [2.75, 3.05) is 33.0 Å². The van der Waals surface area contributed by atoms with Gasteiger partial charge in [-0.2, -0.15) is 8.42 Å². The summed E-state index contributed by atoms with van der Waals surface area (Å²) < 4.78 is 71.8. The zero-order valence-electron chi connectivity index (χ0n) is 53.0. The first-order valence-electron chi connectivity index (χ1n) is 31.6.